The summed E-state index contributed by atoms with van der Waals surface area (Å²) >= 11 is 0. The van der Waals surface area contributed by atoms with Crippen molar-refractivity contribution >= 4 is 10.0 Å². The first-order valence-corrected chi connectivity index (χ1v) is 11.5. The normalized spacial score (nSPS) is 15.7. The molecule has 1 aliphatic heterocycles. The Morgan fingerprint density at radius 2 is 1.74 bits per heavy atom. The Balaban J connectivity index is 1.47. The van der Waals surface area contributed by atoms with E-state index >= 15 is 0 Å². The fraction of sp³-hybridized carbons (Fsp3) is 0.364. The molecule has 31 heavy (non-hydrogen) atoms. The van der Waals surface area contributed by atoms with Gasteiger partial charge in [0, 0.05) is 25.1 Å². The van der Waals surface area contributed by atoms with Crippen LogP contribution >= 0.6 is 0 Å². The first-order valence-electron chi connectivity index (χ1n) is 10.0. The van der Waals surface area contributed by atoms with E-state index in [9.17, 15) is 8.42 Å². The van der Waals surface area contributed by atoms with Gasteiger partial charge in [0.1, 0.15) is 11.5 Å². The monoisotopic (exact) mass is 443 g/mol. The quantitative estimate of drug-likeness (QED) is 0.574. The highest BCUT2D eigenvalue weighted by Gasteiger charge is 2.32. The zero-order chi connectivity index (χ0) is 22.0. The minimum Gasteiger partial charge on any atom is -0.497 e. The molecule has 0 aliphatic carbocycles. The standard InChI is InChI=1S/C22H25N3O5S/c1-15-4-7-18(8-5-15)31(26,27)25-12-10-16(11-13-25)22-23-21(24-30-22)19-9-6-17(28-2)14-20(19)29-3/h4-9,14,16H,10-13H2,1-3H3. The van der Waals surface area contributed by atoms with Crippen LogP contribution in [0.5, 0.6) is 11.5 Å². The summed E-state index contributed by atoms with van der Waals surface area (Å²) in [5.74, 6) is 2.22. The van der Waals surface area contributed by atoms with E-state index in [4.69, 9.17) is 14.0 Å². The highest BCUT2D eigenvalue weighted by Crippen LogP contribution is 2.34. The van der Waals surface area contributed by atoms with Gasteiger partial charge in [-0.25, -0.2) is 8.42 Å². The Bertz CT molecular complexity index is 1150. The van der Waals surface area contributed by atoms with Crippen LogP contribution in [0.4, 0.5) is 0 Å². The van der Waals surface area contributed by atoms with Crippen LogP contribution in [0.15, 0.2) is 51.9 Å². The minimum absolute atomic E-state index is 0.00922. The largest absolute Gasteiger partial charge is 0.497 e. The van der Waals surface area contributed by atoms with Crippen LogP contribution in [0, 0.1) is 6.92 Å². The van der Waals surface area contributed by atoms with Crippen LogP contribution in [-0.2, 0) is 10.0 Å². The van der Waals surface area contributed by atoms with Crippen molar-refractivity contribution in [3.05, 3.63) is 53.9 Å². The van der Waals surface area contributed by atoms with Gasteiger partial charge in [0.05, 0.1) is 24.7 Å². The summed E-state index contributed by atoms with van der Waals surface area (Å²) in [5.41, 5.74) is 1.73. The molecular formula is C22H25N3O5S. The molecule has 9 heteroatoms. The van der Waals surface area contributed by atoms with E-state index < -0.39 is 10.0 Å². The summed E-state index contributed by atoms with van der Waals surface area (Å²) in [4.78, 5) is 4.88. The Labute approximate surface area is 181 Å². The van der Waals surface area contributed by atoms with Crippen molar-refractivity contribution in [2.24, 2.45) is 0 Å². The molecular weight excluding hydrogens is 418 g/mol. The van der Waals surface area contributed by atoms with E-state index in [2.05, 4.69) is 10.1 Å². The maximum absolute atomic E-state index is 12.9. The first-order chi connectivity index (χ1) is 14.9. The number of sulfonamides is 1. The van der Waals surface area contributed by atoms with Gasteiger partial charge >= 0.3 is 0 Å². The van der Waals surface area contributed by atoms with Crippen molar-refractivity contribution in [3.8, 4) is 22.9 Å². The van der Waals surface area contributed by atoms with Crippen molar-refractivity contribution in [2.45, 2.75) is 30.6 Å². The zero-order valence-corrected chi connectivity index (χ0v) is 18.6. The number of rotatable bonds is 6. The van der Waals surface area contributed by atoms with Crippen LogP contribution in [-0.4, -0.2) is 50.2 Å². The number of aromatic nitrogens is 2. The summed E-state index contributed by atoms with van der Waals surface area (Å²) in [5, 5.41) is 4.11. The predicted molar refractivity (Wildman–Crippen MR) is 115 cm³/mol. The minimum atomic E-state index is -3.50. The lowest BCUT2D eigenvalue weighted by Crippen LogP contribution is -2.37. The van der Waals surface area contributed by atoms with E-state index in [0.717, 1.165) is 5.56 Å². The molecule has 1 aliphatic rings. The van der Waals surface area contributed by atoms with E-state index in [1.54, 1.807) is 32.4 Å². The molecule has 0 atom stereocenters. The van der Waals surface area contributed by atoms with E-state index in [0.29, 0.717) is 59.6 Å². The fourth-order valence-corrected chi connectivity index (χ4v) is 5.17. The average Bonchev–Trinajstić information content (AvgIpc) is 3.29. The van der Waals surface area contributed by atoms with Gasteiger partial charge in [-0.1, -0.05) is 22.9 Å². The molecule has 0 unspecified atom stereocenters. The molecule has 164 valence electrons. The van der Waals surface area contributed by atoms with Gasteiger partial charge in [0.25, 0.3) is 0 Å². The molecule has 2 aromatic carbocycles. The van der Waals surface area contributed by atoms with Gasteiger partial charge in [-0.05, 0) is 44.0 Å². The maximum Gasteiger partial charge on any atom is 0.243 e. The van der Waals surface area contributed by atoms with Gasteiger partial charge in [-0.3, -0.25) is 0 Å². The molecule has 3 aromatic rings. The van der Waals surface area contributed by atoms with Gasteiger partial charge in [0.15, 0.2) is 0 Å². The highest BCUT2D eigenvalue weighted by molar-refractivity contribution is 7.89. The van der Waals surface area contributed by atoms with Crippen LogP contribution in [0.1, 0.15) is 30.2 Å². The predicted octanol–water partition coefficient (Wildman–Crippen LogP) is 3.63. The number of benzene rings is 2. The van der Waals surface area contributed by atoms with E-state index in [1.807, 2.05) is 31.2 Å². The van der Waals surface area contributed by atoms with E-state index in [-0.39, 0.29) is 5.92 Å². The number of aryl methyl sites for hydroxylation is 1. The average molecular weight is 444 g/mol. The van der Waals surface area contributed by atoms with Gasteiger partial charge < -0.3 is 14.0 Å². The highest BCUT2D eigenvalue weighted by atomic mass is 32.2. The third-order valence-corrected chi connectivity index (χ3v) is 7.47. The molecule has 0 bridgehead atoms. The Hall–Kier alpha value is -2.91. The molecule has 8 nitrogen and oxygen atoms in total. The van der Waals surface area contributed by atoms with Crippen molar-refractivity contribution < 1.29 is 22.4 Å². The molecule has 0 saturated carbocycles. The third-order valence-electron chi connectivity index (χ3n) is 5.55. The number of nitrogens with zero attached hydrogens (tertiary/aromatic N) is 3. The van der Waals surface area contributed by atoms with Crippen molar-refractivity contribution in [1.82, 2.24) is 14.4 Å². The molecule has 1 fully saturated rings. The molecule has 0 N–H and O–H groups in total. The first kappa shape index (κ1) is 21.3. The molecule has 1 aromatic heterocycles. The number of hydrogen-bond donors (Lipinski definition) is 0. The second-order valence-corrected chi connectivity index (χ2v) is 9.45. The fourth-order valence-electron chi connectivity index (χ4n) is 3.70. The molecule has 0 amide bonds. The summed E-state index contributed by atoms with van der Waals surface area (Å²) in [7, 11) is -0.337. The third kappa shape index (κ3) is 4.28. The summed E-state index contributed by atoms with van der Waals surface area (Å²) < 4.78 is 43.5. The molecule has 0 radical (unpaired) electrons. The summed E-state index contributed by atoms with van der Waals surface area (Å²) in [6.45, 7) is 2.75. The van der Waals surface area contributed by atoms with Gasteiger partial charge in [-0.2, -0.15) is 9.29 Å². The van der Waals surface area contributed by atoms with Crippen molar-refractivity contribution in [3.63, 3.8) is 0 Å². The Kier molecular flexibility index (Phi) is 5.97. The lowest BCUT2D eigenvalue weighted by Gasteiger charge is -2.29. The SMILES string of the molecule is COc1ccc(-c2noc(C3CCN(S(=O)(=O)c4ccc(C)cc4)CC3)n2)c(OC)c1. The van der Waals surface area contributed by atoms with Crippen LogP contribution < -0.4 is 9.47 Å². The van der Waals surface area contributed by atoms with Crippen LogP contribution in [0.2, 0.25) is 0 Å². The number of hydrogen-bond acceptors (Lipinski definition) is 7. The number of methoxy groups -OCH3 is 2. The Morgan fingerprint density at radius 1 is 1.03 bits per heavy atom. The summed E-state index contributed by atoms with van der Waals surface area (Å²) in [6, 6.07) is 12.3. The van der Waals surface area contributed by atoms with Gasteiger partial charge in [0.2, 0.25) is 21.7 Å². The number of ether oxygens (including phenoxy) is 2. The molecule has 0 spiro atoms. The zero-order valence-electron chi connectivity index (χ0n) is 17.7. The molecule has 1 saturated heterocycles. The smallest absolute Gasteiger partial charge is 0.243 e. The summed E-state index contributed by atoms with van der Waals surface area (Å²) in [6.07, 6.45) is 1.24. The maximum atomic E-state index is 12.9. The second-order valence-electron chi connectivity index (χ2n) is 7.51. The topological polar surface area (TPSA) is 94.8 Å². The number of piperidine rings is 1. The van der Waals surface area contributed by atoms with E-state index in [1.165, 1.54) is 4.31 Å². The second kappa shape index (κ2) is 8.68. The molecule has 4 rings (SSSR count). The van der Waals surface area contributed by atoms with Crippen molar-refractivity contribution in [2.75, 3.05) is 27.3 Å². The molecule has 2 heterocycles. The lowest BCUT2D eigenvalue weighted by atomic mass is 9.98. The van der Waals surface area contributed by atoms with Crippen LogP contribution in [0.3, 0.4) is 0 Å². The Morgan fingerprint density at radius 3 is 2.39 bits per heavy atom. The lowest BCUT2D eigenvalue weighted by molar-refractivity contribution is 0.270. The van der Waals surface area contributed by atoms with Crippen LogP contribution in [0.25, 0.3) is 11.4 Å². The van der Waals surface area contributed by atoms with Gasteiger partial charge in [-0.15, -0.1) is 0 Å². The van der Waals surface area contributed by atoms with Crippen molar-refractivity contribution in [1.29, 1.82) is 0 Å².